The van der Waals surface area contributed by atoms with Crippen LogP contribution in [0.5, 0.6) is 0 Å². The predicted octanol–water partition coefficient (Wildman–Crippen LogP) is 6.51. The number of aromatic nitrogens is 2. The average molecular weight is 489 g/mol. The van der Waals surface area contributed by atoms with Crippen LogP contribution in [0.2, 0.25) is 0 Å². The van der Waals surface area contributed by atoms with Gasteiger partial charge in [0, 0.05) is 30.3 Å². The molecule has 1 aliphatic rings. The fourth-order valence-electron chi connectivity index (χ4n) is 5.10. The van der Waals surface area contributed by atoms with E-state index in [1.54, 1.807) is 11.3 Å². The number of likely N-dealkylation sites (tertiary alicyclic amines) is 1. The van der Waals surface area contributed by atoms with Crippen LogP contribution in [0.4, 0.5) is 0 Å². The molecule has 0 amide bonds. The molecule has 0 bridgehead atoms. The Kier molecular flexibility index (Phi) is 7.61. The van der Waals surface area contributed by atoms with E-state index >= 15 is 0 Å². The quantitative estimate of drug-likeness (QED) is 0.178. The molecule has 0 unspecified atom stereocenters. The van der Waals surface area contributed by atoms with E-state index in [1.165, 1.54) is 31.5 Å². The Hall–Kier alpha value is -2.54. The molecule has 1 saturated heterocycles. The van der Waals surface area contributed by atoms with Gasteiger partial charge in [0.2, 0.25) is 0 Å². The van der Waals surface area contributed by atoms with Crippen LogP contribution in [0.1, 0.15) is 61.9 Å². The summed E-state index contributed by atoms with van der Waals surface area (Å²) >= 11 is 1.66. The van der Waals surface area contributed by atoms with Crippen molar-refractivity contribution < 1.29 is 4.79 Å². The third-order valence-corrected chi connectivity index (χ3v) is 8.31. The number of carbonyl (C=O) groups is 1. The van der Waals surface area contributed by atoms with Crippen LogP contribution in [-0.2, 0) is 6.54 Å². The Morgan fingerprint density at radius 3 is 2.54 bits per heavy atom. The highest BCUT2D eigenvalue weighted by molar-refractivity contribution is 7.23. The maximum Gasteiger partial charge on any atom is 0.195 e. The van der Waals surface area contributed by atoms with Gasteiger partial charge in [-0.1, -0.05) is 49.4 Å². The number of benzene rings is 2. The molecular formula is C29H36N4OS. The smallest absolute Gasteiger partial charge is 0.195 e. The normalized spacial score (nSPS) is 14.6. The average Bonchev–Trinajstić information content (AvgIpc) is 3.61. The van der Waals surface area contributed by atoms with E-state index in [9.17, 15) is 4.79 Å². The lowest BCUT2D eigenvalue weighted by atomic mass is 10.1. The maximum absolute atomic E-state index is 12.8. The van der Waals surface area contributed by atoms with Gasteiger partial charge in [-0.2, -0.15) is 0 Å². The first kappa shape index (κ1) is 24.2. The number of fused-ring (bicyclic) bond motifs is 3. The van der Waals surface area contributed by atoms with Gasteiger partial charge in [0.25, 0.3) is 0 Å². The van der Waals surface area contributed by atoms with Crippen molar-refractivity contribution in [2.24, 2.45) is 0 Å². The highest BCUT2D eigenvalue weighted by Crippen LogP contribution is 2.31. The number of hydrogen-bond donors (Lipinski definition) is 0. The van der Waals surface area contributed by atoms with E-state index in [0.29, 0.717) is 6.42 Å². The third kappa shape index (κ3) is 5.50. The molecule has 0 saturated carbocycles. The van der Waals surface area contributed by atoms with Crippen molar-refractivity contribution in [1.29, 1.82) is 0 Å². The van der Waals surface area contributed by atoms with E-state index in [4.69, 9.17) is 4.98 Å². The van der Waals surface area contributed by atoms with Crippen LogP contribution in [0.3, 0.4) is 0 Å². The zero-order chi connectivity index (χ0) is 24.2. The van der Waals surface area contributed by atoms with Gasteiger partial charge in [0.15, 0.2) is 10.7 Å². The van der Waals surface area contributed by atoms with E-state index < -0.39 is 0 Å². The summed E-state index contributed by atoms with van der Waals surface area (Å²) in [6, 6.07) is 15.0. The fourth-order valence-corrected chi connectivity index (χ4v) is 6.15. The zero-order valence-corrected chi connectivity index (χ0v) is 21.8. The Balaban J connectivity index is 1.25. The van der Waals surface area contributed by atoms with Gasteiger partial charge in [-0.25, -0.2) is 4.98 Å². The summed E-state index contributed by atoms with van der Waals surface area (Å²) in [7, 11) is 0. The summed E-state index contributed by atoms with van der Waals surface area (Å²) < 4.78 is 3.28. The Labute approximate surface area is 212 Å². The first-order valence-corrected chi connectivity index (χ1v) is 13.9. The molecule has 5 rings (SSSR count). The van der Waals surface area contributed by atoms with E-state index in [0.717, 1.165) is 71.0 Å². The van der Waals surface area contributed by atoms with E-state index in [-0.39, 0.29) is 5.78 Å². The number of thiazole rings is 1. The first-order chi connectivity index (χ1) is 17.1. The van der Waals surface area contributed by atoms with Crippen molar-refractivity contribution in [1.82, 2.24) is 19.2 Å². The molecule has 2 aromatic carbocycles. The lowest BCUT2D eigenvalue weighted by Gasteiger charge is -2.17. The molecule has 2 aromatic heterocycles. The van der Waals surface area contributed by atoms with Gasteiger partial charge in [-0.05, 0) is 82.2 Å². The summed E-state index contributed by atoms with van der Waals surface area (Å²) in [6.07, 6.45) is 7.41. The molecule has 0 spiro atoms. The highest BCUT2D eigenvalue weighted by atomic mass is 32.1. The molecule has 184 valence electrons. The van der Waals surface area contributed by atoms with Crippen LogP contribution >= 0.6 is 11.3 Å². The van der Waals surface area contributed by atoms with Crippen LogP contribution in [0.25, 0.3) is 26.4 Å². The fraction of sp³-hybridized carbons (Fsp3) is 0.448. The standard InChI is InChI=1S/C29H36N4OS/c1-3-31(4-2)16-6-5-9-27(34)24-14-15-26-28(19-24)35-29-30-25(21-33(26)29)23-12-10-22(11-13-23)20-32-17-7-8-18-32/h10-15,19,21H,3-9,16-18,20H2,1-2H3. The number of nitrogens with zero attached hydrogens (tertiary/aromatic N) is 4. The molecule has 6 heteroatoms. The van der Waals surface area contributed by atoms with Gasteiger partial charge in [-0.3, -0.25) is 14.1 Å². The van der Waals surface area contributed by atoms with Crippen molar-refractivity contribution >= 4 is 32.3 Å². The number of carbonyl (C=O) groups excluding carboxylic acids is 1. The predicted molar refractivity (Wildman–Crippen MR) is 146 cm³/mol. The highest BCUT2D eigenvalue weighted by Gasteiger charge is 2.14. The molecule has 3 heterocycles. The van der Waals surface area contributed by atoms with Gasteiger partial charge < -0.3 is 4.90 Å². The van der Waals surface area contributed by atoms with Crippen molar-refractivity contribution in [3.63, 3.8) is 0 Å². The number of rotatable bonds is 11. The molecule has 1 aliphatic heterocycles. The second-order valence-corrected chi connectivity index (χ2v) is 10.7. The van der Waals surface area contributed by atoms with Gasteiger partial charge in [-0.15, -0.1) is 0 Å². The minimum Gasteiger partial charge on any atom is -0.304 e. The van der Waals surface area contributed by atoms with Crippen molar-refractivity contribution in [3.05, 3.63) is 59.8 Å². The van der Waals surface area contributed by atoms with Gasteiger partial charge in [0.1, 0.15) is 0 Å². The Morgan fingerprint density at radius 1 is 1.03 bits per heavy atom. The lowest BCUT2D eigenvalue weighted by Crippen LogP contribution is -2.24. The molecule has 5 nitrogen and oxygen atoms in total. The SMILES string of the molecule is CCN(CC)CCCCC(=O)c1ccc2c(c1)sc1nc(-c3ccc(CN4CCCC4)cc3)cn12. The van der Waals surface area contributed by atoms with E-state index in [2.05, 4.69) is 64.6 Å². The summed E-state index contributed by atoms with van der Waals surface area (Å²) in [4.78, 5) is 23.6. The number of Topliss-reactive ketones (excluding diaryl/α,β-unsaturated/α-hetero) is 1. The summed E-state index contributed by atoms with van der Waals surface area (Å²) in [5.41, 5.74) is 5.45. The second kappa shape index (κ2) is 11.0. The third-order valence-electron chi connectivity index (χ3n) is 7.29. The summed E-state index contributed by atoms with van der Waals surface area (Å²) in [6.45, 7) is 11.1. The van der Waals surface area contributed by atoms with Crippen LogP contribution < -0.4 is 0 Å². The largest absolute Gasteiger partial charge is 0.304 e. The van der Waals surface area contributed by atoms with E-state index in [1.807, 2.05) is 12.1 Å². The molecule has 0 aliphatic carbocycles. The maximum atomic E-state index is 12.8. The number of unbranched alkanes of at least 4 members (excludes halogenated alkanes) is 1. The van der Waals surface area contributed by atoms with Crippen LogP contribution in [0, 0.1) is 0 Å². The molecule has 0 radical (unpaired) electrons. The monoisotopic (exact) mass is 488 g/mol. The Bertz CT molecular complexity index is 1280. The van der Waals surface area contributed by atoms with Gasteiger partial charge >= 0.3 is 0 Å². The minimum absolute atomic E-state index is 0.243. The van der Waals surface area contributed by atoms with Gasteiger partial charge in [0.05, 0.1) is 15.9 Å². The molecule has 1 fully saturated rings. The topological polar surface area (TPSA) is 40.9 Å². The molecule has 0 N–H and O–H groups in total. The van der Waals surface area contributed by atoms with Crippen LogP contribution in [0.15, 0.2) is 48.7 Å². The van der Waals surface area contributed by atoms with Crippen LogP contribution in [-0.4, -0.2) is 57.7 Å². The van der Waals surface area contributed by atoms with Crippen molar-refractivity contribution in [2.45, 2.75) is 52.5 Å². The first-order valence-electron chi connectivity index (χ1n) is 13.1. The second-order valence-electron chi connectivity index (χ2n) is 9.65. The van der Waals surface area contributed by atoms with Crippen molar-refractivity contribution in [3.8, 4) is 11.3 Å². The molecular weight excluding hydrogens is 452 g/mol. The number of imidazole rings is 1. The molecule has 0 atom stereocenters. The summed E-state index contributed by atoms with van der Waals surface area (Å²) in [5.74, 6) is 0.243. The van der Waals surface area contributed by atoms with Crippen molar-refractivity contribution in [2.75, 3.05) is 32.7 Å². The number of hydrogen-bond acceptors (Lipinski definition) is 5. The Morgan fingerprint density at radius 2 is 1.80 bits per heavy atom. The lowest BCUT2D eigenvalue weighted by molar-refractivity contribution is 0.0978. The number of ketones is 1. The summed E-state index contributed by atoms with van der Waals surface area (Å²) in [5, 5.41) is 0. The zero-order valence-electron chi connectivity index (χ0n) is 21.0. The molecule has 35 heavy (non-hydrogen) atoms. The molecule has 4 aromatic rings. The minimum atomic E-state index is 0.243.